The van der Waals surface area contributed by atoms with Gasteiger partial charge in [0.05, 0.1) is 13.2 Å². The highest BCUT2D eigenvalue weighted by molar-refractivity contribution is 4.59. The summed E-state index contributed by atoms with van der Waals surface area (Å²) in [4.78, 5) is 4.40. The molecule has 0 unspecified atom stereocenters. The van der Waals surface area contributed by atoms with Crippen LogP contribution in [0.1, 0.15) is 6.42 Å². The third kappa shape index (κ3) is 2.11. The molecule has 11 heavy (non-hydrogen) atoms. The van der Waals surface area contributed by atoms with Crippen LogP contribution in [0.25, 0.3) is 0 Å². The minimum absolute atomic E-state index is 0.0868. The molecule has 1 aliphatic rings. The van der Waals surface area contributed by atoms with E-state index in [-0.39, 0.29) is 6.61 Å². The summed E-state index contributed by atoms with van der Waals surface area (Å²) >= 11 is 0. The van der Waals surface area contributed by atoms with E-state index in [1.54, 1.807) is 0 Å². The van der Waals surface area contributed by atoms with Crippen molar-refractivity contribution in [2.45, 2.75) is 12.4 Å². The predicted octanol–water partition coefficient (Wildman–Crippen LogP) is -0.386. The number of hydrogen-bond acceptors (Lipinski definition) is 5. The Labute approximate surface area is 65.3 Å². The van der Waals surface area contributed by atoms with E-state index in [0.717, 1.165) is 6.42 Å². The first-order valence-corrected chi connectivity index (χ1v) is 3.48. The average Bonchev–Trinajstić information content (AvgIpc) is 2.07. The van der Waals surface area contributed by atoms with Crippen LogP contribution in [-0.2, 0) is 19.0 Å². The summed E-state index contributed by atoms with van der Waals surface area (Å²) in [7, 11) is 1.49. The normalized spacial score (nSPS) is 23.5. The van der Waals surface area contributed by atoms with Crippen molar-refractivity contribution in [1.82, 2.24) is 0 Å². The van der Waals surface area contributed by atoms with Gasteiger partial charge in [-0.15, -0.1) is 0 Å². The van der Waals surface area contributed by atoms with Gasteiger partial charge in [0.1, 0.15) is 6.61 Å². The van der Waals surface area contributed by atoms with Crippen molar-refractivity contribution in [3.05, 3.63) is 0 Å². The third-order valence-electron chi connectivity index (χ3n) is 1.50. The molecule has 0 aromatic rings. The summed E-state index contributed by atoms with van der Waals surface area (Å²) in [6.45, 7) is 1.30. The molecule has 0 spiro atoms. The summed E-state index contributed by atoms with van der Waals surface area (Å²) < 4.78 is 15.4. The Balaban J connectivity index is 2.42. The first kappa shape index (κ1) is 8.89. The van der Waals surface area contributed by atoms with E-state index >= 15 is 0 Å². The Morgan fingerprint density at radius 3 is 2.55 bits per heavy atom. The van der Waals surface area contributed by atoms with E-state index in [2.05, 4.69) is 4.84 Å². The molecule has 0 amide bonds. The molecular formula is C6H13NO4. The van der Waals surface area contributed by atoms with Crippen LogP contribution in [0.3, 0.4) is 0 Å². The molecule has 0 radical (unpaired) electrons. The average molecular weight is 163 g/mol. The first-order chi connectivity index (χ1) is 5.33. The molecule has 1 rings (SSSR count). The second-order valence-electron chi connectivity index (χ2n) is 2.25. The molecule has 66 valence electrons. The van der Waals surface area contributed by atoms with Crippen molar-refractivity contribution >= 4 is 0 Å². The highest BCUT2D eigenvalue weighted by atomic mass is 16.9. The SMILES string of the molecule is COC1(CON)OCCCO1. The Hall–Kier alpha value is -0.200. The van der Waals surface area contributed by atoms with Crippen LogP contribution in [-0.4, -0.2) is 32.9 Å². The van der Waals surface area contributed by atoms with Crippen LogP contribution in [0.4, 0.5) is 0 Å². The fraction of sp³-hybridized carbons (Fsp3) is 1.00. The molecule has 1 saturated heterocycles. The molecule has 2 N–H and O–H groups in total. The molecule has 0 saturated carbocycles. The number of methoxy groups -OCH3 is 1. The smallest absolute Gasteiger partial charge is 0.309 e. The second kappa shape index (κ2) is 3.99. The summed E-state index contributed by atoms with van der Waals surface area (Å²) in [5, 5.41) is 0. The van der Waals surface area contributed by atoms with Crippen molar-refractivity contribution in [1.29, 1.82) is 0 Å². The van der Waals surface area contributed by atoms with E-state index < -0.39 is 5.97 Å². The van der Waals surface area contributed by atoms with Crippen molar-refractivity contribution in [2.75, 3.05) is 26.9 Å². The predicted molar refractivity (Wildman–Crippen MR) is 36.4 cm³/mol. The van der Waals surface area contributed by atoms with Crippen molar-refractivity contribution < 1.29 is 19.0 Å². The van der Waals surface area contributed by atoms with Gasteiger partial charge in [0, 0.05) is 7.11 Å². The zero-order chi connectivity index (χ0) is 8.16. The van der Waals surface area contributed by atoms with Gasteiger partial charge in [-0.1, -0.05) is 0 Å². The summed E-state index contributed by atoms with van der Waals surface area (Å²) in [6, 6.07) is 0. The minimum Gasteiger partial charge on any atom is -0.329 e. The standard InChI is InChI=1S/C6H13NO4/c1-8-6(5-11-7)9-3-2-4-10-6/h2-5,7H2,1H3. The van der Waals surface area contributed by atoms with Gasteiger partial charge in [0.2, 0.25) is 0 Å². The highest BCUT2D eigenvalue weighted by Crippen LogP contribution is 2.19. The van der Waals surface area contributed by atoms with Gasteiger partial charge >= 0.3 is 5.97 Å². The molecule has 0 aliphatic carbocycles. The molecule has 1 fully saturated rings. The van der Waals surface area contributed by atoms with E-state index in [1.165, 1.54) is 7.11 Å². The monoisotopic (exact) mass is 163 g/mol. The summed E-state index contributed by atoms with van der Waals surface area (Å²) in [5.41, 5.74) is 0. The van der Waals surface area contributed by atoms with Gasteiger partial charge in [0.15, 0.2) is 0 Å². The van der Waals surface area contributed by atoms with E-state index in [0.29, 0.717) is 13.2 Å². The molecular weight excluding hydrogens is 150 g/mol. The zero-order valence-corrected chi connectivity index (χ0v) is 6.54. The zero-order valence-electron chi connectivity index (χ0n) is 6.54. The fourth-order valence-corrected chi connectivity index (χ4v) is 0.918. The third-order valence-corrected chi connectivity index (χ3v) is 1.50. The lowest BCUT2D eigenvalue weighted by Crippen LogP contribution is -2.47. The maximum absolute atomic E-state index is 5.21. The van der Waals surface area contributed by atoms with Gasteiger partial charge in [-0.05, 0) is 6.42 Å². The molecule has 1 aliphatic heterocycles. The van der Waals surface area contributed by atoms with E-state index in [9.17, 15) is 0 Å². The number of rotatable bonds is 3. The minimum atomic E-state index is -1.08. The van der Waals surface area contributed by atoms with Gasteiger partial charge in [0.25, 0.3) is 0 Å². The molecule has 5 heteroatoms. The Kier molecular flexibility index (Phi) is 3.22. The topological polar surface area (TPSA) is 62.9 Å². The van der Waals surface area contributed by atoms with Gasteiger partial charge in [-0.2, -0.15) is 0 Å². The Morgan fingerprint density at radius 2 is 2.09 bits per heavy atom. The van der Waals surface area contributed by atoms with E-state index in [4.69, 9.17) is 20.1 Å². The molecule has 0 aromatic carbocycles. The van der Waals surface area contributed by atoms with Crippen LogP contribution in [0.15, 0.2) is 0 Å². The summed E-state index contributed by atoms with van der Waals surface area (Å²) in [6.07, 6.45) is 0.871. The Morgan fingerprint density at radius 1 is 1.45 bits per heavy atom. The van der Waals surface area contributed by atoms with Crippen LogP contribution in [0, 0.1) is 0 Å². The van der Waals surface area contributed by atoms with Crippen LogP contribution in [0.2, 0.25) is 0 Å². The number of nitrogens with two attached hydrogens (primary N) is 1. The lowest BCUT2D eigenvalue weighted by Gasteiger charge is -2.33. The Bertz CT molecular complexity index is 108. The molecule has 5 nitrogen and oxygen atoms in total. The second-order valence-corrected chi connectivity index (χ2v) is 2.25. The maximum atomic E-state index is 5.21. The van der Waals surface area contributed by atoms with Gasteiger partial charge in [-0.25, -0.2) is 5.90 Å². The quantitative estimate of drug-likeness (QED) is 0.574. The van der Waals surface area contributed by atoms with E-state index in [1.807, 2.05) is 0 Å². The van der Waals surface area contributed by atoms with Gasteiger partial charge < -0.3 is 14.2 Å². The lowest BCUT2D eigenvalue weighted by molar-refractivity contribution is -0.404. The van der Waals surface area contributed by atoms with Crippen LogP contribution in [0.5, 0.6) is 0 Å². The fourth-order valence-electron chi connectivity index (χ4n) is 0.918. The van der Waals surface area contributed by atoms with Crippen LogP contribution < -0.4 is 5.90 Å². The van der Waals surface area contributed by atoms with Crippen LogP contribution >= 0.6 is 0 Å². The van der Waals surface area contributed by atoms with Crippen molar-refractivity contribution in [2.24, 2.45) is 5.90 Å². The number of hydrogen-bond donors (Lipinski definition) is 1. The first-order valence-electron chi connectivity index (χ1n) is 3.48. The molecule has 1 heterocycles. The molecule has 0 atom stereocenters. The molecule has 0 bridgehead atoms. The molecule has 0 aromatic heterocycles. The van der Waals surface area contributed by atoms with Crippen molar-refractivity contribution in [3.8, 4) is 0 Å². The highest BCUT2D eigenvalue weighted by Gasteiger charge is 2.35. The largest absolute Gasteiger partial charge is 0.329 e. The van der Waals surface area contributed by atoms with Gasteiger partial charge in [-0.3, -0.25) is 4.84 Å². The number of ether oxygens (including phenoxy) is 3. The maximum Gasteiger partial charge on any atom is 0.309 e. The lowest BCUT2D eigenvalue weighted by atomic mass is 10.4. The summed E-state index contributed by atoms with van der Waals surface area (Å²) in [5.74, 6) is 3.80. The van der Waals surface area contributed by atoms with Crippen molar-refractivity contribution in [3.63, 3.8) is 0 Å².